The highest BCUT2D eigenvalue weighted by Crippen LogP contribution is 2.14. The Morgan fingerprint density at radius 3 is 2.67 bits per heavy atom. The first-order valence-electron chi connectivity index (χ1n) is 6.48. The predicted octanol–water partition coefficient (Wildman–Crippen LogP) is 2.03. The monoisotopic (exact) mass is 295 g/mol. The number of aliphatic carboxylic acids is 1. The highest BCUT2D eigenvalue weighted by molar-refractivity contribution is 5.94. The van der Waals surface area contributed by atoms with Crippen LogP contribution in [0.5, 0.6) is 0 Å². The number of nitrogens with zero attached hydrogens (tertiary/aromatic N) is 1. The van der Waals surface area contributed by atoms with Gasteiger partial charge in [-0.1, -0.05) is 6.07 Å². The molecule has 0 aliphatic heterocycles. The van der Waals surface area contributed by atoms with E-state index in [-0.39, 0.29) is 17.0 Å². The number of amides is 1. The third-order valence-electron chi connectivity index (χ3n) is 2.89. The van der Waals surface area contributed by atoms with E-state index in [2.05, 4.69) is 0 Å². The maximum absolute atomic E-state index is 13.8. The van der Waals surface area contributed by atoms with E-state index in [9.17, 15) is 14.0 Å². The van der Waals surface area contributed by atoms with Crippen LogP contribution in [-0.2, 0) is 9.53 Å². The molecule has 0 atom stereocenters. The molecule has 5 nitrogen and oxygen atoms in total. The third-order valence-corrected chi connectivity index (χ3v) is 2.89. The molecule has 0 aromatic heterocycles. The number of carbonyl (C=O) groups excluding carboxylic acids is 1. The first-order valence-corrected chi connectivity index (χ1v) is 6.48. The fourth-order valence-electron chi connectivity index (χ4n) is 1.74. The molecule has 0 unspecified atom stereocenters. The number of rotatable bonds is 7. The highest BCUT2D eigenvalue weighted by atomic mass is 19.1. The summed E-state index contributed by atoms with van der Waals surface area (Å²) in [6.45, 7) is 3.15. The van der Waals surface area contributed by atoms with Crippen LogP contribution in [-0.4, -0.2) is 48.7 Å². The van der Waals surface area contributed by atoms with Gasteiger partial charge in [-0.05, 0) is 25.1 Å². The number of benzene rings is 1. The van der Waals surface area contributed by atoms with E-state index in [0.29, 0.717) is 19.7 Å². The second-order valence-corrected chi connectivity index (χ2v) is 4.29. The van der Waals surface area contributed by atoms with E-state index < -0.39 is 11.8 Å². The van der Waals surface area contributed by atoms with E-state index >= 15 is 0 Å². The number of ether oxygens (including phenoxy) is 1. The van der Waals surface area contributed by atoms with Gasteiger partial charge in [-0.15, -0.1) is 0 Å². The quantitative estimate of drug-likeness (QED) is 0.782. The van der Waals surface area contributed by atoms with Gasteiger partial charge in [0.1, 0.15) is 5.82 Å². The number of carbonyl (C=O) groups is 2. The molecule has 1 aromatic rings. The van der Waals surface area contributed by atoms with Crippen LogP contribution in [0.15, 0.2) is 24.3 Å². The summed E-state index contributed by atoms with van der Waals surface area (Å²) in [6.07, 6.45) is 1.99. The van der Waals surface area contributed by atoms with Crippen LogP contribution in [0.3, 0.4) is 0 Å². The summed E-state index contributed by atoms with van der Waals surface area (Å²) < 4.78 is 18.8. The molecule has 1 rings (SSSR count). The van der Waals surface area contributed by atoms with Gasteiger partial charge in [-0.2, -0.15) is 0 Å². The molecule has 6 heteroatoms. The molecule has 1 aromatic carbocycles. The molecular weight excluding hydrogens is 277 g/mol. The third kappa shape index (κ3) is 5.00. The Hall–Kier alpha value is -2.21. The van der Waals surface area contributed by atoms with E-state index in [1.807, 2.05) is 6.92 Å². The van der Waals surface area contributed by atoms with Crippen molar-refractivity contribution in [1.82, 2.24) is 4.90 Å². The average Bonchev–Trinajstić information content (AvgIpc) is 2.46. The van der Waals surface area contributed by atoms with Gasteiger partial charge >= 0.3 is 5.97 Å². The number of carboxylic acids is 1. The Morgan fingerprint density at radius 1 is 1.43 bits per heavy atom. The van der Waals surface area contributed by atoms with Crippen LogP contribution in [0.4, 0.5) is 4.39 Å². The Kier molecular flexibility index (Phi) is 6.55. The number of methoxy groups -OCH3 is 1. The number of likely N-dealkylation sites (N-methyl/N-ethyl adjacent to an activating group) is 1. The van der Waals surface area contributed by atoms with Crippen LogP contribution < -0.4 is 0 Å². The Bertz CT molecular complexity index is 542. The number of hydrogen-bond donors (Lipinski definition) is 1. The van der Waals surface area contributed by atoms with Crippen LogP contribution in [0, 0.1) is 5.82 Å². The van der Waals surface area contributed by atoms with Crippen molar-refractivity contribution in [2.24, 2.45) is 0 Å². The lowest BCUT2D eigenvalue weighted by molar-refractivity contribution is -0.131. The molecule has 21 heavy (non-hydrogen) atoms. The Morgan fingerprint density at radius 2 is 2.14 bits per heavy atom. The number of halogens is 1. The van der Waals surface area contributed by atoms with Crippen molar-refractivity contribution in [3.63, 3.8) is 0 Å². The summed E-state index contributed by atoms with van der Waals surface area (Å²) >= 11 is 0. The van der Waals surface area contributed by atoms with Crippen molar-refractivity contribution in [3.05, 3.63) is 41.2 Å². The van der Waals surface area contributed by atoms with Gasteiger partial charge in [0.25, 0.3) is 5.91 Å². The zero-order valence-electron chi connectivity index (χ0n) is 12.0. The molecule has 0 radical (unpaired) electrons. The first kappa shape index (κ1) is 16.8. The number of hydrogen-bond acceptors (Lipinski definition) is 3. The molecule has 0 saturated heterocycles. The standard InChI is InChI=1S/C15H18FNO4/c1-3-17(8-9-21-2)15(20)12-5-4-11(13(16)10-12)6-7-14(18)19/h4-7,10H,3,8-9H2,1-2H3,(H,18,19). The first-order chi connectivity index (χ1) is 9.99. The topological polar surface area (TPSA) is 66.8 Å². The van der Waals surface area contributed by atoms with Crippen molar-refractivity contribution >= 4 is 18.0 Å². The second kappa shape index (κ2) is 8.16. The van der Waals surface area contributed by atoms with E-state index in [1.54, 1.807) is 12.0 Å². The summed E-state index contributed by atoms with van der Waals surface area (Å²) in [6, 6.07) is 3.97. The van der Waals surface area contributed by atoms with Gasteiger partial charge in [0.15, 0.2) is 0 Å². The number of carboxylic acid groups (broad SMARTS) is 1. The molecule has 0 aliphatic rings. The summed E-state index contributed by atoms with van der Waals surface area (Å²) in [5, 5.41) is 8.51. The van der Waals surface area contributed by atoms with Gasteiger partial charge < -0.3 is 14.7 Å². The van der Waals surface area contributed by atoms with Crippen LogP contribution in [0.1, 0.15) is 22.8 Å². The molecule has 0 saturated carbocycles. The van der Waals surface area contributed by atoms with Gasteiger partial charge in [-0.25, -0.2) is 9.18 Å². The van der Waals surface area contributed by atoms with Gasteiger partial charge in [-0.3, -0.25) is 4.79 Å². The Labute approximate surface area is 122 Å². The molecule has 0 heterocycles. The normalized spacial score (nSPS) is 10.8. The van der Waals surface area contributed by atoms with Gasteiger partial charge in [0.2, 0.25) is 0 Å². The lowest BCUT2D eigenvalue weighted by atomic mass is 10.1. The SMILES string of the molecule is CCN(CCOC)C(=O)c1ccc(C=CC(=O)O)c(F)c1. The van der Waals surface area contributed by atoms with Gasteiger partial charge in [0, 0.05) is 37.4 Å². The maximum Gasteiger partial charge on any atom is 0.328 e. The van der Waals surface area contributed by atoms with E-state index in [1.165, 1.54) is 12.1 Å². The van der Waals surface area contributed by atoms with Crippen molar-refractivity contribution < 1.29 is 23.8 Å². The molecule has 1 amide bonds. The molecule has 0 spiro atoms. The molecule has 114 valence electrons. The van der Waals surface area contributed by atoms with E-state index in [4.69, 9.17) is 9.84 Å². The van der Waals surface area contributed by atoms with Gasteiger partial charge in [0.05, 0.1) is 6.61 Å². The lowest BCUT2D eigenvalue weighted by Gasteiger charge is -2.20. The fourth-order valence-corrected chi connectivity index (χ4v) is 1.74. The minimum absolute atomic E-state index is 0.119. The summed E-state index contributed by atoms with van der Waals surface area (Å²) in [4.78, 5) is 24.2. The molecule has 0 fully saturated rings. The summed E-state index contributed by atoms with van der Waals surface area (Å²) in [5.74, 6) is -2.09. The molecule has 0 aliphatic carbocycles. The minimum atomic E-state index is -1.16. The van der Waals surface area contributed by atoms with Crippen LogP contribution in [0.25, 0.3) is 6.08 Å². The van der Waals surface area contributed by atoms with E-state index in [0.717, 1.165) is 18.2 Å². The largest absolute Gasteiger partial charge is 0.478 e. The average molecular weight is 295 g/mol. The second-order valence-electron chi connectivity index (χ2n) is 4.29. The smallest absolute Gasteiger partial charge is 0.328 e. The van der Waals surface area contributed by atoms with Crippen molar-refractivity contribution in [3.8, 4) is 0 Å². The van der Waals surface area contributed by atoms with Crippen LogP contribution in [0.2, 0.25) is 0 Å². The molecule has 1 N–H and O–H groups in total. The summed E-state index contributed by atoms with van der Waals surface area (Å²) in [5.41, 5.74) is 0.340. The van der Waals surface area contributed by atoms with Crippen molar-refractivity contribution in [1.29, 1.82) is 0 Å². The molecule has 0 bridgehead atoms. The maximum atomic E-state index is 13.8. The highest BCUT2D eigenvalue weighted by Gasteiger charge is 2.15. The lowest BCUT2D eigenvalue weighted by Crippen LogP contribution is -2.33. The minimum Gasteiger partial charge on any atom is -0.478 e. The molecular formula is C15H18FNO4. The summed E-state index contributed by atoms with van der Waals surface area (Å²) in [7, 11) is 1.54. The van der Waals surface area contributed by atoms with Crippen molar-refractivity contribution in [2.75, 3.05) is 26.8 Å². The zero-order chi connectivity index (χ0) is 15.8. The predicted molar refractivity (Wildman–Crippen MR) is 76.5 cm³/mol. The fraction of sp³-hybridized carbons (Fsp3) is 0.333. The van der Waals surface area contributed by atoms with Crippen molar-refractivity contribution in [2.45, 2.75) is 6.92 Å². The Balaban J connectivity index is 2.91. The van der Waals surface area contributed by atoms with Crippen LogP contribution >= 0.6 is 0 Å². The zero-order valence-corrected chi connectivity index (χ0v) is 12.0.